The number of ketones is 1. The minimum absolute atomic E-state index is 0.116. The van der Waals surface area contributed by atoms with E-state index < -0.39 is 7.82 Å². The number of hydrogen-bond acceptors (Lipinski definition) is 5. The fourth-order valence-electron chi connectivity index (χ4n) is 1.82. The summed E-state index contributed by atoms with van der Waals surface area (Å²) < 4.78 is 28.8. The van der Waals surface area contributed by atoms with Gasteiger partial charge in [0, 0.05) is 0 Å². The van der Waals surface area contributed by atoms with Crippen molar-refractivity contribution < 1.29 is 22.9 Å². The molecule has 0 fully saturated rings. The molecule has 0 bridgehead atoms. The van der Waals surface area contributed by atoms with Gasteiger partial charge in [-0.2, -0.15) is 0 Å². The van der Waals surface area contributed by atoms with Gasteiger partial charge in [-0.15, -0.1) is 0 Å². The van der Waals surface area contributed by atoms with Crippen LogP contribution in [0.5, 0.6) is 11.5 Å². The van der Waals surface area contributed by atoms with Crippen LogP contribution in [0.4, 0.5) is 0 Å². The van der Waals surface area contributed by atoms with Crippen LogP contribution in [0.15, 0.2) is 67.3 Å². The Hall–Kier alpha value is -2.36. The summed E-state index contributed by atoms with van der Waals surface area (Å²) in [5.41, 5.74) is 0.235. The van der Waals surface area contributed by atoms with Crippen LogP contribution in [-0.4, -0.2) is 12.4 Å². The predicted molar refractivity (Wildman–Crippen MR) is 87.9 cm³/mol. The van der Waals surface area contributed by atoms with Crippen LogP contribution >= 0.6 is 7.82 Å². The molecule has 5 nitrogen and oxygen atoms in total. The van der Waals surface area contributed by atoms with E-state index in [1.807, 2.05) is 0 Å². The van der Waals surface area contributed by atoms with Crippen molar-refractivity contribution in [3.8, 4) is 11.5 Å². The first-order valence-electron chi connectivity index (χ1n) is 7.02. The Bertz CT molecular complexity index is 727. The summed E-state index contributed by atoms with van der Waals surface area (Å²) in [5.74, 6) is 0.116. The van der Waals surface area contributed by atoms with Gasteiger partial charge in [0.15, 0.2) is 5.78 Å². The van der Waals surface area contributed by atoms with Crippen molar-refractivity contribution in [1.82, 2.24) is 0 Å². The van der Waals surface area contributed by atoms with Crippen molar-refractivity contribution in [2.75, 3.05) is 6.61 Å². The van der Waals surface area contributed by atoms with Crippen molar-refractivity contribution in [3.63, 3.8) is 0 Å². The average Bonchev–Trinajstić information content (AvgIpc) is 2.55. The molecule has 2 aromatic rings. The molecule has 0 amide bonds. The Morgan fingerprint density at radius 2 is 1.74 bits per heavy atom. The predicted octanol–water partition coefficient (Wildman–Crippen LogP) is 4.66. The molecule has 0 aliphatic carbocycles. The van der Waals surface area contributed by atoms with Crippen LogP contribution in [0, 0.1) is 0 Å². The summed E-state index contributed by atoms with van der Waals surface area (Å²) in [5, 5.41) is 0. The molecule has 0 N–H and O–H groups in total. The largest absolute Gasteiger partial charge is 0.587 e. The third-order valence-corrected chi connectivity index (χ3v) is 4.22. The van der Waals surface area contributed by atoms with Crippen LogP contribution < -0.4 is 9.05 Å². The molecular weight excluding hydrogens is 315 g/mol. The summed E-state index contributed by atoms with van der Waals surface area (Å²) in [6.45, 7) is 5.24. The van der Waals surface area contributed by atoms with Crippen molar-refractivity contribution in [1.29, 1.82) is 0 Å². The summed E-state index contributed by atoms with van der Waals surface area (Å²) in [6, 6.07) is 15.0. The molecule has 1 unspecified atom stereocenters. The van der Waals surface area contributed by atoms with Gasteiger partial charge >= 0.3 is 7.82 Å². The molecule has 0 saturated carbocycles. The first kappa shape index (κ1) is 17.0. The molecule has 0 radical (unpaired) electrons. The van der Waals surface area contributed by atoms with Gasteiger partial charge in [-0.05, 0) is 37.3 Å². The van der Waals surface area contributed by atoms with Crippen LogP contribution in [0.25, 0.3) is 0 Å². The van der Waals surface area contributed by atoms with E-state index in [9.17, 15) is 9.36 Å². The molecular formula is C17H17O5P. The van der Waals surface area contributed by atoms with Gasteiger partial charge in [-0.3, -0.25) is 9.32 Å². The molecule has 1 atom stereocenters. The smallest absolute Gasteiger partial charge is 0.395 e. The van der Waals surface area contributed by atoms with Crippen molar-refractivity contribution in [2.45, 2.75) is 6.92 Å². The topological polar surface area (TPSA) is 61.8 Å². The molecule has 120 valence electrons. The highest BCUT2D eigenvalue weighted by Crippen LogP contribution is 2.50. The molecule has 0 aliphatic rings. The number of para-hydroxylation sites is 2. The zero-order valence-electron chi connectivity index (χ0n) is 12.7. The average molecular weight is 332 g/mol. The lowest BCUT2D eigenvalue weighted by molar-refractivity contribution is 0.104. The molecule has 0 aliphatic heterocycles. The van der Waals surface area contributed by atoms with Crippen LogP contribution in [-0.2, 0) is 9.09 Å². The Labute approximate surface area is 135 Å². The van der Waals surface area contributed by atoms with Gasteiger partial charge in [-0.1, -0.05) is 36.9 Å². The fraction of sp³-hybridized carbons (Fsp3) is 0.118. The first-order chi connectivity index (χ1) is 11.1. The summed E-state index contributed by atoms with van der Waals surface area (Å²) in [6.07, 6.45) is 1.16. The number of hydrogen-bond donors (Lipinski definition) is 0. The number of phosphoric acid groups is 1. The Balaban J connectivity index is 2.31. The van der Waals surface area contributed by atoms with E-state index >= 15 is 0 Å². The first-order valence-corrected chi connectivity index (χ1v) is 8.48. The van der Waals surface area contributed by atoms with Gasteiger partial charge in [0.05, 0.1) is 12.2 Å². The number of allylic oxidation sites excluding steroid dienone is 1. The lowest BCUT2D eigenvalue weighted by atomic mass is 10.1. The monoisotopic (exact) mass is 332 g/mol. The molecule has 2 aromatic carbocycles. The SMILES string of the molecule is C=CC(=O)c1ccccc1OP(=O)(OCC)Oc1ccccc1. The van der Waals surface area contributed by atoms with E-state index in [0.29, 0.717) is 5.75 Å². The Morgan fingerprint density at radius 3 is 2.39 bits per heavy atom. The summed E-state index contributed by atoms with van der Waals surface area (Å²) in [4.78, 5) is 11.9. The van der Waals surface area contributed by atoms with Gasteiger partial charge < -0.3 is 9.05 Å². The quantitative estimate of drug-likeness (QED) is 0.400. The number of benzene rings is 2. The number of carbonyl (C=O) groups excluding carboxylic acids is 1. The maximum absolute atomic E-state index is 12.8. The molecule has 2 rings (SSSR count). The van der Waals surface area contributed by atoms with Crippen molar-refractivity contribution in [3.05, 3.63) is 72.8 Å². The third-order valence-electron chi connectivity index (χ3n) is 2.80. The normalized spacial score (nSPS) is 12.9. The third kappa shape index (κ3) is 4.55. The van der Waals surface area contributed by atoms with E-state index in [1.54, 1.807) is 55.5 Å². The second kappa shape index (κ2) is 7.77. The summed E-state index contributed by atoms with van der Waals surface area (Å²) in [7, 11) is -3.93. The molecule has 6 heteroatoms. The van der Waals surface area contributed by atoms with Crippen molar-refractivity contribution in [2.24, 2.45) is 0 Å². The van der Waals surface area contributed by atoms with Crippen molar-refractivity contribution >= 4 is 13.6 Å². The standard InChI is InChI=1S/C17H17O5P/c1-3-16(18)15-12-8-9-13-17(15)22-23(19,20-4-2)21-14-10-6-5-7-11-14/h3,5-13H,1,4H2,2H3. The van der Waals surface area contributed by atoms with E-state index in [2.05, 4.69) is 6.58 Å². The zero-order chi connectivity index (χ0) is 16.7. The second-order valence-electron chi connectivity index (χ2n) is 4.43. The van der Waals surface area contributed by atoms with Gasteiger partial charge in [-0.25, -0.2) is 4.57 Å². The number of carbonyl (C=O) groups is 1. The van der Waals surface area contributed by atoms with Gasteiger partial charge in [0.1, 0.15) is 11.5 Å². The minimum atomic E-state index is -3.93. The van der Waals surface area contributed by atoms with E-state index in [-0.39, 0.29) is 23.7 Å². The Kier molecular flexibility index (Phi) is 5.74. The lowest BCUT2D eigenvalue weighted by Gasteiger charge is -2.19. The maximum Gasteiger partial charge on any atom is 0.587 e. The van der Waals surface area contributed by atoms with E-state index in [4.69, 9.17) is 13.6 Å². The van der Waals surface area contributed by atoms with E-state index in [1.165, 1.54) is 6.07 Å². The highest BCUT2D eigenvalue weighted by molar-refractivity contribution is 7.49. The van der Waals surface area contributed by atoms with Gasteiger partial charge in [0.2, 0.25) is 0 Å². The van der Waals surface area contributed by atoms with Gasteiger partial charge in [0.25, 0.3) is 0 Å². The summed E-state index contributed by atoms with van der Waals surface area (Å²) >= 11 is 0. The fourth-order valence-corrected chi connectivity index (χ4v) is 3.06. The highest BCUT2D eigenvalue weighted by atomic mass is 31.2. The molecule has 23 heavy (non-hydrogen) atoms. The van der Waals surface area contributed by atoms with E-state index in [0.717, 1.165) is 6.08 Å². The maximum atomic E-state index is 12.8. The molecule has 0 saturated heterocycles. The van der Waals surface area contributed by atoms with Crippen LogP contribution in [0.3, 0.4) is 0 Å². The molecule has 0 aromatic heterocycles. The zero-order valence-corrected chi connectivity index (χ0v) is 13.6. The highest BCUT2D eigenvalue weighted by Gasteiger charge is 2.31. The Morgan fingerprint density at radius 1 is 1.09 bits per heavy atom. The van der Waals surface area contributed by atoms with Crippen LogP contribution in [0.1, 0.15) is 17.3 Å². The second-order valence-corrected chi connectivity index (χ2v) is 5.94. The lowest BCUT2D eigenvalue weighted by Crippen LogP contribution is -2.07. The molecule has 0 spiro atoms. The van der Waals surface area contributed by atoms with Crippen LogP contribution in [0.2, 0.25) is 0 Å². The minimum Gasteiger partial charge on any atom is -0.395 e. The number of rotatable bonds is 8. The molecule has 0 heterocycles. The number of phosphoric ester groups is 1.